The van der Waals surface area contributed by atoms with E-state index in [9.17, 15) is 4.79 Å². The quantitative estimate of drug-likeness (QED) is 0.706. The van der Waals surface area contributed by atoms with Crippen molar-refractivity contribution in [2.75, 3.05) is 6.61 Å². The number of rotatable bonds is 3. The van der Waals surface area contributed by atoms with Gasteiger partial charge in [0.15, 0.2) is 5.82 Å². The molecule has 0 aliphatic carbocycles. The number of aromatic amines is 1. The first kappa shape index (κ1) is 10.0. The molecular formula is C8H13N5O2. The van der Waals surface area contributed by atoms with Crippen molar-refractivity contribution in [2.24, 2.45) is 0 Å². The predicted octanol–water partition coefficient (Wildman–Crippen LogP) is -0.444. The molecule has 7 nitrogen and oxygen atoms in total. The average Bonchev–Trinajstić information content (AvgIpc) is 2.91. The summed E-state index contributed by atoms with van der Waals surface area (Å²) >= 11 is 0. The normalized spacial score (nSPS) is 22.6. The minimum atomic E-state index is -0.320. The molecule has 1 aromatic heterocycles. The van der Waals surface area contributed by atoms with Crippen molar-refractivity contribution in [3.8, 4) is 0 Å². The highest BCUT2D eigenvalue weighted by Gasteiger charge is 2.25. The van der Waals surface area contributed by atoms with Crippen LogP contribution in [0.2, 0.25) is 0 Å². The molecule has 0 spiro atoms. The van der Waals surface area contributed by atoms with E-state index in [1.54, 1.807) is 6.92 Å². The Labute approximate surface area is 86.6 Å². The average molecular weight is 211 g/mol. The number of tetrazole rings is 1. The second-order valence-corrected chi connectivity index (χ2v) is 3.50. The zero-order valence-corrected chi connectivity index (χ0v) is 8.43. The van der Waals surface area contributed by atoms with Crippen molar-refractivity contribution >= 4 is 5.91 Å². The molecule has 2 N–H and O–H groups in total. The molecule has 82 valence electrons. The van der Waals surface area contributed by atoms with Crippen LogP contribution in [0.1, 0.15) is 31.6 Å². The van der Waals surface area contributed by atoms with Crippen LogP contribution in [0, 0.1) is 0 Å². The van der Waals surface area contributed by atoms with Crippen LogP contribution in [-0.2, 0) is 9.53 Å². The smallest absolute Gasteiger partial charge is 0.249 e. The fraction of sp³-hybridized carbons (Fsp3) is 0.750. The van der Waals surface area contributed by atoms with E-state index in [2.05, 4.69) is 25.9 Å². The third kappa shape index (κ3) is 2.30. The molecule has 1 aliphatic rings. The van der Waals surface area contributed by atoms with Gasteiger partial charge in [0, 0.05) is 6.61 Å². The number of hydrogen-bond acceptors (Lipinski definition) is 5. The van der Waals surface area contributed by atoms with E-state index in [1.165, 1.54) is 0 Å². The molecular weight excluding hydrogens is 198 g/mol. The third-order valence-corrected chi connectivity index (χ3v) is 2.33. The van der Waals surface area contributed by atoms with Gasteiger partial charge in [0.2, 0.25) is 5.91 Å². The van der Waals surface area contributed by atoms with Gasteiger partial charge in [-0.1, -0.05) is 5.21 Å². The molecule has 0 bridgehead atoms. The molecule has 1 amide bonds. The van der Waals surface area contributed by atoms with Crippen LogP contribution >= 0.6 is 0 Å². The number of nitrogens with zero attached hydrogens (tertiary/aromatic N) is 3. The molecule has 2 rings (SSSR count). The van der Waals surface area contributed by atoms with Gasteiger partial charge < -0.3 is 10.1 Å². The first-order chi connectivity index (χ1) is 7.27. The zero-order valence-electron chi connectivity index (χ0n) is 8.43. The fourth-order valence-electron chi connectivity index (χ4n) is 1.51. The van der Waals surface area contributed by atoms with E-state index < -0.39 is 0 Å². The van der Waals surface area contributed by atoms with Gasteiger partial charge in [-0.15, -0.1) is 10.2 Å². The third-order valence-electron chi connectivity index (χ3n) is 2.33. The molecule has 0 radical (unpaired) electrons. The number of carbonyl (C=O) groups is 1. The second-order valence-electron chi connectivity index (χ2n) is 3.50. The summed E-state index contributed by atoms with van der Waals surface area (Å²) in [6, 6.07) is -0.250. The van der Waals surface area contributed by atoms with E-state index in [0.717, 1.165) is 12.8 Å². The summed E-state index contributed by atoms with van der Waals surface area (Å²) in [4.78, 5) is 11.6. The van der Waals surface area contributed by atoms with Gasteiger partial charge in [-0.3, -0.25) is 4.79 Å². The van der Waals surface area contributed by atoms with Gasteiger partial charge in [-0.05, 0) is 19.8 Å². The first-order valence-electron chi connectivity index (χ1n) is 4.92. The Hall–Kier alpha value is -1.50. The highest BCUT2D eigenvalue weighted by atomic mass is 16.5. The number of aromatic nitrogens is 4. The molecule has 0 aromatic carbocycles. The molecule has 2 heterocycles. The molecule has 0 saturated carbocycles. The van der Waals surface area contributed by atoms with Crippen LogP contribution in [0.15, 0.2) is 0 Å². The standard InChI is InChI=1S/C8H13N5O2/c1-5(7-10-12-13-11-7)9-8(14)6-3-2-4-15-6/h5-6H,2-4H2,1H3,(H,9,14)(H,10,11,12,13). The van der Waals surface area contributed by atoms with Crippen molar-refractivity contribution < 1.29 is 9.53 Å². The van der Waals surface area contributed by atoms with E-state index in [-0.39, 0.29) is 18.1 Å². The van der Waals surface area contributed by atoms with Crippen molar-refractivity contribution in [1.82, 2.24) is 25.9 Å². The van der Waals surface area contributed by atoms with Crippen LogP contribution in [-0.4, -0.2) is 39.2 Å². The van der Waals surface area contributed by atoms with Crippen molar-refractivity contribution in [2.45, 2.75) is 31.9 Å². The first-order valence-corrected chi connectivity index (χ1v) is 4.92. The minimum Gasteiger partial charge on any atom is -0.368 e. The summed E-state index contributed by atoms with van der Waals surface area (Å²) in [7, 11) is 0. The Kier molecular flexibility index (Phi) is 2.91. The lowest BCUT2D eigenvalue weighted by Gasteiger charge is -2.13. The number of H-pyrrole nitrogens is 1. The molecule has 1 saturated heterocycles. The number of amides is 1. The van der Waals surface area contributed by atoms with Gasteiger partial charge in [-0.2, -0.15) is 5.21 Å². The van der Waals surface area contributed by atoms with Crippen molar-refractivity contribution in [3.05, 3.63) is 5.82 Å². The Morgan fingerprint density at radius 2 is 2.60 bits per heavy atom. The highest BCUT2D eigenvalue weighted by Crippen LogP contribution is 2.13. The Morgan fingerprint density at radius 1 is 1.73 bits per heavy atom. The van der Waals surface area contributed by atoms with Gasteiger partial charge in [0.1, 0.15) is 6.10 Å². The number of carbonyl (C=O) groups excluding carboxylic acids is 1. The van der Waals surface area contributed by atoms with Crippen LogP contribution in [0.4, 0.5) is 0 Å². The summed E-state index contributed by atoms with van der Waals surface area (Å²) in [6.45, 7) is 2.46. The molecule has 1 fully saturated rings. The van der Waals surface area contributed by atoms with Crippen LogP contribution in [0.25, 0.3) is 0 Å². The van der Waals surface area contributed by atoms with E-state index in [1.807, 2.05) is 0 Å². The van der Waals surface area contributed by atoms with Crippen LogP contribution < -0.4 is 5.32 Å². The van der Waals surface area contributed by atoms with E-state index in [0.29, 0.717) is 12.4 Å². The topological polar surface area (TPSA) is 92.8 Å². The molecule has 1 aliphatic heterocycles. The monoisotopic (exact) mass is 211 g/mol. The maximum atomic E-state index is 11.6. The summed E-state index contributed by atoms with van der Waals surface area (Å²) in [5, 5.41) is 16.1. The largest absolute Gasteiger partial charge is 0.368 e. The lowest BCUT2D eigenvalue weighted by atomic mass is 10.2. The van der Waals surface area contributed by atoms with Crippen molar-refractivity contribution in [3.63, 3.8) is 0 Å². The second kappa shape index (κ2) is 4.35. The Bertz CT molecular complexity index is 320. The lowest BCUT2D eigenvalue weighted by molar-refractivity contribution is -0.130. The summed E-state index contributed by atoms with van der Waals surface area (Å²) < 4.78 is 5.26. The Balaban J connectivity index is 1.88. The molecule has 7 heteroatoms. The predicted molar refractivity (Wildman–Crippen MR) is 49.7 cm³/mol. The Morgan fingerprint density at radius 3 is 3.20 bits per heavy atom. The zero-order chi connectivity index (χ0) is 10.7. The number of nitrogens with one attached hydrogen (secondary N) is 2. The molecule has 2 unspecified atom stereocenters. The maximum Gasteiger partial charge on any atom is 0.249 e. The SMILES string of the molecule is CC(NC(=O)C1CCCO1)c1nn[nH]n1. The van der Waals surface area contributed by atoms with E-state index in [4.69, 9.17) is 4.74 Å². The molecule has 15 heavy (non-hydrogen) atoms. The summed E-state index contributed by atoms with van der Waals surface area (Å²) in [6.07, 6.45) is 1.40. The lowest BCUT2D eigenvalue weighted by Crippen LogP contribution is -2.36. The summed E-state index contributed by atoms with van der Waals surface area (Å²) in [5.74, 6) is 0.367. The highest BCUT2D eigenvalue weighted by molar-refractivity contribution is 5.81. The van der Waals surface area contributed by atoms with Gasteiger partial charge in [0.25, 0.3) is 0 Å². The van der Waals surface area contributed by atoms with Crippen molar-refractivity contribution in [1.29, 1.82) is 0 Å². The van der Waals surface area contributed by atoms with E-state index >= 15 is 0 Å². The number of ether oxygens (including phenoxy) is 1. The van der Waals surface area contributed by atoms with Crippen LogP contribution in [0.3, 0.4) is 0 Å². The molecule has 1 aromatic rings. The fourth-order valence-corrected chi connectivity index (χ4v) is 1.51. The minimum absolute atomic E-state index is 0.107. The molecule has 2 atom stereocenters. The summed E-state index contributed by atoms with van der Waals surface area (Å²) in [5.41, 5.74) is 0. The van der Waals surface area contributed by atoms with Gasteiger partial charge >= 0.3 is 0 Å². The van der Waals surface area contributed by atoms with Crippen LogP contribution in [0.5, 0.6) is 0 Å². The number of hydrogen-bond donors (Lipinski definition) is 2. The maximum absolute atomic E-state index is 11.6. The van der Waals surface area contributed by atoms with Gasteiger partial charge in [0.05, 0.1) is 6.04 Å². The van der Waals surface area contributed by atoms with Gasteiger partial charge in [-0.25, -0.2) is 0 Å².